The zero-order valence-electron chi connectivity index (χ0n) is 9.52. The van der Waals surface area contributed by atoms with Crippen molar-refractivity contribution in [1.82, 2.24) is 15.3 Å². The number of rotatable bonds is 3. The fourth-order valence-electron chi connectivity index (χ4n) is 1.57. The van der Waals surface area contributed by atoms with Crippen LogP contribution in [0, 0.1) is 11.8 Å². The van der Waals surface area contributed by atoms with Crippen molar-refractivity contribution in [1.29, 1.82) is 0 Å². The van der Waals surface area contributed by atoms with Gasteiger partial charge in [-0.25, -0.2) is 4.98 Å². The van der Waals surface area contributed by atoms with E-state index in [1.807, 2.05) is 0 Å². The fourth-order valence-corrected chi connectivity index (χ4v) is 1.57. The third kappa shape index (κ3) is 3.70. The number of hydrogen-bond donors (Lipinski definition) is 2. The van der Waals surface area contributed by atoms with Crippen LogP contribution in [0.5, 0.6) is 5.88 Å². The van der Waals surface area contributed by atoms with E-state index in [2.05, 4.69) is 27.1 Å². The molecule has 17 heavy (non-hydrogen) atoms. The molecule has 1 aromatic heterocycles. The van der Waals surface area contributed by atoms with Gasteiger partial charge >= 0.3 is 0 Å². The Labute approximate surface area is 100 Å². The second-order valence-corrected chi connectivity index (χ2v) is 3.75. The quantitative estimate of drug-likeness (QED) is 0.717. The topological polar surface area (TPSA) is 67.3 Å². The Morgan fingerprint density at radius 1 is 1.53 bits per heavy atom. The van der Waals surface area contributed by atoms with Crippen LogP contribution in [-0.4, -0.2) is 40.9 Å². The van der Waals surface area contributed by atoms with Gasteiger partial charge in [0.2, 0.25) is 5.88 Å². The number of hydrogen-bond acceptors (Lipinski definition) is 5. The van der Waals surface area contributed by atoms with Crippen molar-refractivity contribution in [2.75, 3.05) is 19.7 Å². The van der Waals surface area contributed by atoms with E-state index in [4.69, 9.17) is 9.84 Å². The predicted octanol–water partition coefficient (Wildman–Crippen LogP) is -0.0488. The van der Waals surface area contributed by atoms with E-state index in [0.717, 1.165) is 19.5 Å². The van der Waals surface area contributed by atoms with E-state index in [9.17, 15) is 0 Å². The van der Waals surface area contributed by atoms with Gasteiger partial charge in [0, 0.05) is 13.0 Å². The highest BCUT2D eigenvalue weighted by molar-refractivity contribution is 5.26. The molecule has 0 spiro atoms. The maximum absolute atomic E-state index is 8.62. The Balaban J connectivity index is 1.98. The molecule has 0 radical (unpaired) electrons. The Bertz CT molecular complexity index is 419. The van der Waals surface area contributed by atoms with Crippen LogP contribution >= 0.6 is 0 Å². The first-order valence-electron chi connectivity index (χ1n) is 5.67. The summed E-state index contributed by atoms with van der Waals surface area (Å²) in [5.74, 6) is 6.14. The minimum Gasteiger partial charge on any atom is -0.472 e. The van der Waals surface area contributed by atoms with Crippen molar-refractivity contribution >= 4 is 0 Å². The molecule has 0 aliphatic carbocycles. The molecule has 1 saturated heterocycles. The first-order chi connectivity index (χ1) is 8.38. The van der Waals surface area contributed by atoms with E-state index < -0.39 is 0 Å². The largest absolute Gasteiger partial charge is 0.472 e. The lowest BCUT2D eigenvalue weighted by Crippen LogP contribution is -2.20. The standard InChI is InChI=1S/C12H15N3O2/c16-6-2-1-3-10-7-14-9-12(15-10)17-11-4-5-13-8-11/h7,9,11,13,16H,2,4-6,8H2. The Morgan fingerprint density at radius 2 is 2.47 bits per heavy atom. The number of aliphatic hydroxyl groups excluding tert-OH is 1. The molecule has 1 aromatic rings. The van der Waals surface area contributed by atoms with E-state index in [-0.39, 0.29) is 12.7 Å². The van der Waals surface area contributed by atoms with Gasteiger partial charge in [-0.3, -0.25) is 4.98 Å². The van der Waals surface area contributed by atoms with Crippen LogP contribution in [-0.2, 0) is 0 Å². The molecule has 0 saturated carbocycles. The molecule has 90 valence electrons. The highest BCUT2D eigenvalue weighted by Gasteiger charge is 2.16. The molecule has 2 rings (SSSR count). The molecule has 0 bridgehead atoms. The molecular formula is C12H15N3O2. The van der Waals surface area contributed by atoms with E-state index in [0.29, 0.717) is 18.0 Å². The third-order valence-corrected chi connectivity index (χ3v) is 2.37. The summed E-state index contributed by atoms with van der Waals surface area (Å²) in [7, 11) is 0. The minimum absolute atomic E-state index is 0.0599. The third-order valence-electron chi connectivity index (χ3n) is 2.37. The summed E-state index contributed by atoms with van der Waals surface area (Å²) < 4.78 is 5.67. The van der Waals surface area contributed by atoms with Gasteiger partial charge in [0.25, 0.3) is 0 Å². The lowest BCUT2D eigenvalue weighted by molar-refractivity contribution is 0.213. The lowest BCUT2D eigenvalue weighted by Gasteiger charge is -2.10. The van der Waals surface area contributed by atoms with Crippen molar-refractivity contribution in [3.05, 3.63) is 18.1 Å². The second kappa shape index (κ2) is 6.18. The van der Waals surface area contributed by atoms with Crippen LogP contribution in [0.15, 0.2) is 12.4 Å². The van der Waals surface area contributed by atoms with Crippen LogP contribution in [0.4, 0.5) is 0 Å². The highest BCUT2D eigenvalue weighted by atomic mass is 16.5. The summed E-state index contributed by atoms with van der Waals surface area (Å²) in [6.45, 7) is 1.89. The molecule has 2 N–H and O–H groups in total. The van der Waals surface area contributed by atoms with Crippen molar-refractivity contribution in [2.45, 2.75) is 18.9 Å². The summed E-state index contributed by atoms with van der Waals surface area (Å²) in [5, 5.41) is 11.8. The van der Waals surface area contributed by atoms with Crippen LogP contribution in [0.3, 0.4) is 0 Å². The average Bonchev–Trinajstić information content (AvgIpc) is 2.83. The number of aromatic nitrogens is 2. The smallest absolute Gasteiger partial charge is 0.233 e. The molecule has 1 unspecified atom stereocenters. The van der Waals surface area contributed by atoms with Gasteiger partial charge in [0.1, 0.15) is 11.8 Å². The lowest BCUT2D eigenvalue weighted by atomic mass is 10.3. The average molecular weight is 233 g/mol. The summed E-state index contributed by atoms with van der Waals surface area (Å²) >= 11 is 0. The molecule has 1 atom stereocenters. The molecule has 0 amide bonds. The van der Waals surface area contributed by atoms with Crippen molar-refractivity contribution < 1.29 is 9.84 Å². The second-order valence-electron chi connectivity index (χ2n) is 3.75. The fraction of sp³-hybridized carbons (Fsp3) is 0.500. The summed E-state index contributed by atoms with van der Waals surface area (Å²) in [4.78, 5) is 8.27. The van der Waals surface area contributed by atoms with Gasteiger partial charge in [0.05, 0.1) is 19.0 Å². The molecule has 2 heterocycles. The van der Waals surface area contributed by atoms with E-state index in [1.165, 1.54) is 0 Å². The number of ether oxygens (including phenoxy) is 1. The number of nitrogens with one attached hydrogen (secondary N) is 1. The van der Waals surface area contributed by atoms with Gasteiger partial charge in [-0.2, -0.15) is 0 Å². The van der Waals surface area contributed by atoms with Gasteiger partial charge in [-0.1, -0.05) is 5.92 Å². The zero-order valence-corrected chi connectivity index (χ0v) is 9.52. The maximum Gasteiger partial charge on any atom is 0.233 e. The van der Waals surface area contributed by atoms with E-state index >= 15 is 0 Å². The van der Waals surface area contributed by atoms with Crippen molar-refractivity contribution in [3.8, 4) is 17.7 Å². The highest BCUT2D eigenvalue weighted by Crippen LogP contribution is 2.10. The number of aliphatic hydroxyl groups is 1. The first kappa shape index (κ1) is 11.8. The van der Waals surface area contributed by atoms with Crippen molar-refractivity contribution in [2.24, 2.45) is 0 Å². The molecule has 1 fully saturated rings. The SMILES string of the molecule is OCCC#Cc1cncc(OC2CCNC2)n1. The molecule has 1 aliphatic rings. The maximum atomic E-state index is 8.62. The monoisotopic (exact) mass is 233 g/mol. The van der Waals surface area contributed by atoms with Gasteiger partial charge in [0.15, 0.2) is 0 Å². The summed E-state index contributed by atoms with van der Waals surface area (Å²) in [5.41, 5.74) is 0.571. The molecule has 5 heteroatoms. The van der Waals surface area contributed by atoms with Gasteiger partial charge < -0.3 is 15.2 Å². The molecule has 0 aromatic carbocycles. The Hall–Kier alpha value is -1.64. The van der Waals surface area contributed by atoms with Crippen LogP contribution in [0.2, 0.25) is 0 Å². The Kier molecular flexibility index (Phi) is 4.30. The predicted molar refractivity (Wildman–Crippen MR) is 62.5 cm³/mol. The van der Waals surface area contributed by atoms with Crippen LogP contribution in [0.1, 0.15) is 18.5 Å². The molecule has 5 nitrogen and oxygen atoms in total. The summed E-state index contributed by atoms with van der Waals surface area (Å²) in [6, 6.07) is 0. The minimum atomic E-state index is 0.0599. The Morgan fingerprint density at radius 3 is 3.24 bits per heavy atom. The molecule has 1 aliphatic heterocycles. The van der Waals surface area contributed by atoms with Crippen LogP contribution in [0.25, 0.3) is 0 Å². The van der Waals surface area contributed by atoms with Gasteiger partial charge in [-0.15, -0.1) is 0 Å². The van der Waals surface area contributed by atoms with Crippen molar-refractivity contribution in [3.63, 3.8) is 0 Å². The zero-order chi connectivity index (χ0) is 11.9. The molecular weight excluding hydrogens is 218 g/mol. The normalized spacial score (nSPS) is 18.5. The first-order valence-corrected chi connectivity index (χ1v) is 5.67. The number of nitrogens with zero attached hydrogens (tertiary/aromatic N) is 2. The van der Waals surface area contributed by atoms with Gasteiger partial charge in [-0.05, 0) is 18.9 Å². The van der Waals surface area contributed by atoms with E-state index in [1.54, 1.807) is 12.4 Å². The summed E-state index contributed by atoms with van der Waals surface area (Å²) in [6.07, 6.45) is 4.78. The van der Waals surface area contributed by atoms with Crippen LogP contribution < -0.4 is 10.1 Å².